The predicted molar refractivity (Wildman–Crippen MR) is 185 cm³/mol. The van der Waals surface area contributed by atoms with Crippen molar-refractivity contribution in [2.75, 3.05) is 19.8 Å². The van der Waals surface area contributed by atoms with Crippen molar-refractivity contribution >= 4 is 23.9 Å². The molecule has 2 fully saturated rings. The van der Waals surface area contributed by atoms with E-state index >= 15 is 0 Å². The van der Waals surface area contributed by atoms with E-state index in [1.54, 1.807) is 84.9 Å². The number of rotatable bonds is 12. The minimum absolute atomic E-state index is 0.107. The molecule has 0 spiro atoms. The van der Waals surface area contributed by atoms with Crippen molar-refractivity contribution in [3.63, 3.8) is 0 Å². The number of hydrogen-bond donors (Lipinski definition) is 2. The highest BCUT2D eigenvalue weighted by molar-refractivity contribution is 5.91. The lowest BCUT2D eigenvalue weighted by Crippen LogP contribution is -2.64. The van der Waals surface area contributed by atoms with E-state index in [2.05, 4.69) is 0 Å². The second kappa shape index (κ2) is 17.9. The van der Waals surface area contributed by atoms with Gasteiger partial charge in [0.25, 0.3) is 0 Å². The van der Waals surface area contributed by atoms with Crippen LogP contribution < -0.4 is 0 Å². The fourth-order valence-electron chi connectivity index (χ4n) is 5.96. The summed E-state index contributed by atoms with van der Waals surface area (Å²) in [6.07, 6.45) is -11.0. The van der Waals surface area contributed by atoms with Gasteiger partial charge in [-0.2, -0.15) is 0 Å². The zero-order valence-corrected chi connectivity index (χ0v) is 28.4. The molecular weight excluding hydrogens is 688 g/mol. The fourth-order valence-corrected chi connectivity index (χ4v) is 5.96. The van der Waals surface area contributed by atoms with Crippen molar-refractivity contribution < 1.29 is 62.5 Å². The third kappa shape index (κ3) is 9.33. The summed E-state index contributed by atoms with van der Waals surface area (Å²) in [7, 11) is 0. The van der Waals surface area contributed by atoms with Gasteiger partial charge in [0.15, 0.2) is 24.6 Å². The average Bonchev–Trinajstić information content (AvgIpc) is 3.21. The van der Waals surface area contributed by atoms with E-state index in [0.717, 1.165) is 0 Å². The molecule has 276 valence electrons. The Morgan fingerprint density at radius 1 is 0.585 bits per heavy atom. The highest BCUT2D eigenvalue weighted by atomic mass is 16.7. The molecule has 4 aromatic rings. The Balaban J connectivity index is 1.41. The summed E-state index contributed by atoms with van der Waals surface area (Å²) in [5, 5.41) is 20.8. The summed E-state index contributed by atoms with van der Waals surface area (Å²) in [4.78, 5) is 54.2. The van der Waals surface area contributed by atoms with Gasteiger partial charge in [-0.25, -0.2) is 19.2 Å². The lowest BCUT2D eigenvalue weighted by atomic mass is 9.97. The van der Waals surface area contributed by atoms with Crippen molar-refractivity contribution in [1.29, 1.82) is 0 Å². The van der Waals surface area contributed by atoms with Crippen LogP contribution in [0.4, 0.5) is 0 Å². The predicted octanol–water partition coefficient (Wildman–Crippen LogP) is 3.77. The molecule has 13 nitrogen and oxygen atoms in total. The zero-order chi connectivity index (χ0) is 37.2. The molecule has 2 N–H and O–H groups in total. The van der Waals surface area contributed by atoms with E-state index in [0.29, 0.717) is 0 Å². The molecule has 4 aromatic carbocycles. The molecule has 13 heteroatoms. The second-order valence-electron chi connectivity index (χ2n) is 12.3. The minimum atomic E-state index is -1.62. The highest BCUT2D eigenvalue weighted by Gasteiger charge is 2.55. The Kier molecular flexibility index (Phi) is 12.6. The maximum atomic E-state index is 13.7. The van der Waals surface area contributed by atoms with Crippen LogP contribution in [0.1, 0.15) is 47.9 Å². The summed E-state index contributed by atoms with van der Waals surface area (Å²) in [6, 6.07) is 32.1. The number of hydrogen-bond acceptors (Lipinski definition) is 13. The van der Waals surface area contributed by atoms with Crippen molar-refractivity contribution in [2.45, 2.75) is 55.4 Å². The van der Waals surface area contributed by atoms with E-state index in [9.17, 15) is 29.4 Å². The first kappa shape index (κ1) is 37.3. The largest absolute Gasteiger partial charge is 0.459 e. The molecule has 0 radical (unpaired) electrons. The number of carbonyl (C=O) groups excluding carboxylic acids is 4. The monoisotopic (exact) mass is 726 g/mol. The molecule has 2 saturated heterocycles. The normalized spacial score (nSPS) is 25.4. The molecule has 53 heavy (non-hydrogen) atoms. The van der Waals surface area contributed by atoms with Gasteiger partial charge < -0.3 is 43.4 Å². The lowest BCUT2D eigenvalue weighted by molar-refractivity contribution is -0.323. The molecular formula is C40H38O13. The summed E-state index contributed by atoms with van der Waals surface area (Å²) in [5.41, 5.74) is 0.659. The van der Waals surface area contributed by atoms with Crippen LogP contribution in [0, 0.1) is 0 Å². The van der Waals surface area contributed by atoms with Crippen LogP contribution in [-0.4, -0.2) is 103 Å². The van der Waals surface area contributed by atoms with Crippen LogP contribution in [0.3, 0.4) is 0 Å². The molecule has 0 aromatic heterocycles. The van der Waals surface area contributed by atoms with Gasteiger partial charge in [0, 0.05) is 6.61 Å². The quantitative estimate of drug-likeness (QED) is 0.160. The van der Waals surface area contributed by atoms with Crippen molar-refractivity contribution in [3.05, 3.63) is 144 Å². The van der Waals surface area contributed by atoms with E-state index in [1.807, 2.05) is 0 Å². The molecule has 0 bridgehead atoms. The standard InChI is InChI=1S/C40H38O13/c41-23-30-32(42)29(21-22-47-30)49-40-35(53-39(46)28-19-11-4-12-20-28)34(52-38(45)27-17-9-3-10-18-27)33(51-37(44)26-15-7-2-8-16-26)31(50-40)24-48-36(43)25-13-5-1-6-14-25/h1-20,29-35,40-42H,21-24H2/t29-,30-,31-,32-,33+,34+,35-,40-/m1/s1. The van der Waals surface area contributed by atoms with Gasteiger partial charge in [-0.05, 0) is 55.0 Å². The number of aliphatic hydroxyl groups is 2. The summed E-state index contributed by atoms with van der Waals surface area (Å²) in [5.74, 6) is -3.26. The Labute approximate surface area is 304 Å². The molecule has 8 atom stereocenters. The molecule has 6 rings (SSSR count). The number of benzene rings is 4. The lowest BCUT2D eigenvalue weighted by Gasteiger charge is -2.46. The Hall–Kier alpha value is -5.44. The van der Waals surface area contributed by atoms with Crippen LogP contribution >= 0.6 is 0 Å². The first-order valence-corrected chi connectivity index (χ1v) is 17.0. The number of aliphatic hydroxyl groups excluding tert-OH is 2. The van der Waals surface area contributed by atoms with Crippen LogP contribution in [0.25, 0.3) is 0 Å². The van der Waals surface area contributed by atoms with E-state index in [4.69, 9.17) is 33.2 Å². The van der Waals surface area contributed by atoms with Crippen molar-refractivity contribution in [3.8, 4) is 0 Å². The Morgan fingerprint density at radius 3 is 1.49 bits per heavy atom. The van der Waals surface area contributed by atoms with Gasteiger partial charge in [-0.1, -0.05) is 72.8 Å². The zero-order valence-electron chi connectivity index (χ0n) is 28.4. The van der Waals surface area contributed by atoms with E-state index < -0.39 is 86.1 Å². The Bertz CT molecular complexity index is 1810. The number of carbonyl (C=O) groups is 4. The van der Waals surface area contributed by atoms with Crippen LogP contribution in [0.5, 0.6) is 0 Å². The fraction of sp³-hybridized carbons (Fsp3) is 0.300. The first-order valence-electron chi connectivity index (χ1n) is 17.0. The van der Waals surface area contributed by atoms with Crippen LogP contribution in [0.2, 0.25) is 0 Å². The van der Waals surface area contributed by atoms with Gasteiger partial charge in [0.05, 0.1) is 35.0 Å². The van der Waals surface area contributed by atoms with Crippen molar-refractivity contribution in [2.24, 2.45) is 0 Å². The van der Waals surface area contributed by atoms with Gasteiger partial charge in [-0.3, -0.25) is 0 Å². The molecule has 0 saturated carbocycles. The molecule has 2 aliphatic rings. The molecule has 2 aliphatic heterocycles. The molecule has 0 amide bonds. The topological polar surface area (TPSA) is 173 Å². The summed E-state index contributed by atoms with van der Waals surface area (Å²) >= 11 is 0. The van der Waals surface area contributed by atoms with E-state index in [1.165, 1.54) is 36.4 Å². The number of esters is 4. The van der Waals surface area contributed by atoms with Gasteiger partial charge in [-0.15, -0.1) is 0 Å². The second-order valence-corrected chi connectivity index (χ2v) is 12.3. The minimum Gasteiger partial charge on any atom is -0.459 e. The average molecular weight is 727 g/mol. The van der Waals surface area contributed by atoms with Gasteiger partial charge in [0.2, 0.25) is 0 Å². The molecule has 2 heterocycles. The Morgan fingerprint density at radius 2 is 1.02 bits per heavy atom. The smallest absolute Gasteiger partial charge is 0.338 e. The maximum Gasteiger partial charge on any atom is 0.338 e. The van der Waals surface area contributed by atoms with Crippen molar-refractivity contribution in [1.82, 2.24) is 0 Å². The number of ether oxygens (including phenoxy) is 7. The third-order valence-electron chi connectivity index (χ3n) is 8.72. The summed E-state index contributed by atoms with van der Waals surface area (Å²) in [6.45, 7) is -0.934. The molecule has 0 aliphatic carbocycles. The SMILES string of the molecule is O=C(OC[C@H]1O[C@@H](O[C@@H]2CCO[C@H](CO)[C@@H]2O)[C@H](OC(=O)c2ccccc2)[C@@H](OC(=O)c2ccccc2)[C@H]1OC(=O)c1ccccc1)c1ccccc1. The van der Waals surface area contributed by atoms with Gasteiger partial charge in [0.1, 0.15) is 24.9 Å². The first-order chi connectivity index (χ1) is 25.8. The van der Waals surface area contributed by atoms with Crippen LogP contribution in [0.15, 0.2) is 121 Å². The van der Waals surface area contributed by atoms with Crippen LogP contribution in [-0.2, 0) is 33.2 Å². The van der Waals surface area contributed by atoms with Gasteiger partial charge >= 0.3 is 23.9 Å². The van der Waals surface area contributed by atoms with E-state index in [-0.39, 0.29) is 35.3 Å². The summed E-state index contributed by atoms with van der Waals surface area (Å²) < 4.78 is 41.8. The highest BCUT2D eigenvalue weighted by Crippen LogP contribution is 2.34. The maximum absolute atomic E-state index is 13.7. The molecule has 0 unspecified atom stereocenters. The third-order valence-corrected chi connectivity index (χ3v) is 8.72.